The Hall–Kier alpha value is -2.97. The van der Waals surface area contributed by atoms with Crippen LogP contribution in [0.25, 0.3) is 0 Å². The van der Waals surface area contributed by atoms with Crippen LogP contribution in [0.1, 0.15) is 51.2 Å². The van der Waals surface area contributed by atoms with Crippen LogP contribution >= 0.6 is 0 Å². The quantitative estimate of drug-likeness (QED) is 0.322. The molecule has 184 valence electrons. The zero-order valence-electron chi connectivity index (χ0n) is 20.0. The van der Waals surface area contributed by atoms with Crippen LogP contribution in [-0.2, 0) is 30.3 Å². The van der Waals surface area contributed by atoms with Gasteiger partial charge in [-0.15, -0.1) is 0 Å². The number of ether oxygens (including phenoxy) is 2. The van der Waals surface area contributed by atoms with Gasteiger partial charge < -0.3 is 20.1 Å². The van der Waals surface area contributed by atoms with E-state index in [4.69, 9.17) is 9.47 Å². The summed E-state index contributed by atoms with van der Waals surface area (Å²) in [5.41, 5.74) is 1.62. The number of unbranched alkanes of at least 4 members (excludes halogenated alkanes) is 1. The number of carbonyl (C=O) groups is 4. The third kappa shape index (κ3) is 9.59. The Balaban J connectivity index is 2.86. The number of esters is 1. The van der Waals surface area contributed by atoms with Gasteiger partial charge in [0.2, 0.25) is 11.8 Å². The summed E-state index contributed by atoms with van der Waals surface area (Å²) in [5.74, 6) is -2.51. The Morgan fingerprint density at radius 1 is 1.12 bits per heavy atom. The molecule has 0 spiro atoms. The number of hydrogen-bond acceptors (Lipinski definition) is 6. The second-order valence-electron chi connectivity index (χ2n) is 8.22. The Morgan fingerprint density at radius 2 is 1.82 bits per heavy atom. The molecule has 9 heteroatoms. The minimum Gasteiger partial charge on any atom is -0.496 e. The fraction of sp³-hybridized carbons (Fsp3) is 0.583. The zero-order valence-corrected chi connectivity index (χ0v) is 20.0. The largest absolute Gasteiger partial charge is 0.496 e. The molecule has 0 fully saturated rings. The summed E-state index contributed by atoms with van der Waals surface area (Å²) < 4.78 is 23.3. The molecule has 0 saturated heterocycles. The average Bonchev–Trinajstić information content (AvgIpc) is 2.76. The molecule has 0 aliphatic rings. The molecule has 0 heterocycles. The van der Waals surface area contributed by atoms with Gasteiger partial charge in [-0.1, -0.05) is 44.9 Å². The fourth-order valence-corrected chi connectivity index (χ4v) is 3.13. The Labute approximate surface area is 194 Å². The minimum atomic E-state index is -1.37. The summed E-state index contributed by atoms with van der Waals surface area (Å²) in [6, 6.07) is 3.09. The summed E-state index contributed by atoms with van der Waals surface area (Å²) in [5, 5.41) is 5.07. The first-order valence-electron chi connectivity index (χ1n) is 11.1. The lowest BCUT2D eigenvalue weighted by Crippen LogP contribution is -2.54. The topological polar surface area (TPSA) is 111 Å². The van der Waals surface area contributed by atoms with Crippen molar-refractivity contribution in [2.75, 3.05) is 20.4 Å². The van der Waals surface area contributed by atoms with E-state index >= 15 is 0 Å². The zero-order chi connectivity index (χ0) is 25.0. The van der Waals surface area contributed by atoms with Crippen LogP contribution in [0.3, 0.4) is 0 Å². The van der Waals surface area contributed by atoms with Crippen molar-refractivity contribution in [3.05, 3.63) is 29.3 Å². The molecule has 0 radical (unpaired) electrons. The second-order valence-corrected chi connectivity index (χ2v) is 8.22. The number of aryl methyl sites for hydroxylation is 1. The van der Waals surface area contributed by atoms with Gasteiger partial charge in [0.1, 0.15) is 24.5 Å². The smallest absolute Gasteiger partial charge is 0.308 e. The van der Waals surface area contributed by atoms with Gasteiger partial charge in [-0.2, -0.15) is 0 Å². The number of hydrogen-bond donors (Lipinski definition) is 2. The number of halogens is 1. The second kappa shape index (κ2) is 14.2. The van der Waals surface area contributed by atoms with E-state index in [9.17, 15) is 23.6 Å². The molecular formula is C24H35FN2O6. The van der Waals surface area contributed by atoms with Crippen molar-refractivity contribution in [2.24, 2.45) is 5.92 Å². The van der Waals surface area contributed by atoms with E-state index in [-0.39, 0.29) is 18.9 Å². The highest BCUT2D eigenvalue weighted by Gasteiger charge is 2.30. The molecule has 2 atom stereocenters. The number of ketones is 1. The minimum absolute atomic E-state index is 0.0159. The van der Waals surface area contributed by atoms with E-state index in [1.54, 1.807) is 19.9 Å². The number of benzene rings is 1. The summed E-state index contributed by atoms with van der Waals surface area (Å²) in [7, 11) is 1.51. The summed E-state index contributed by atoms with van der Waals surface area (Å²) in [6.07, 6.45) is 0.990. The van der Waals surface area contributed by atoms with Crippen molar-refractivity contribution in [3.63, 3.8) is 0 Å². The van der Waals surface area contributed by atoms with Crippen LogP contribution in [0.15, 0.2) is 18.2 Å². The molecule has 0 aromatic heterocycles. The maximum atomic E-state index is 13.0. The molecule has 2 amide bonds. The lowest BCUT2D eigenvalue weighted by molar-refractivity contribution is -0.146. The van der Waals surface area contributed by atoms with Crippen LogP contribution in [0.2, 0.25) is 0 Å². The van der Waals surface area contributed by atoms with E-state index in [1.807, 2.05) is 26.0 Å². The maximum Gasteiger partial charge on any atom is 0.308 e. The van der Waals surface area contributed by atoms with Crippen molar-refractivity contribution in [2.45, 2.75) is 65.5 Å². The van der Waals surface area contributed by atoms with Gasteiger partial charge in [-0.25, -0.2) is 4.39 Å². The van der Waals surface area contributed by atoms with E-state index < -0.39 is 48.7 Å². The molecule has 1 aromatic carbocycles. The van der Waals surface area contributed by atoms with Gasteiger partial charge in [0.05, 0.1) is 26.6 Å². The van der Waals surface area contributed by atoms with Gasteiger partial charge in [-0.3, -0.25) is 19.2 Å². The summed E-state index contributed by atoms with van der Waals surface area (Å²) >= 11 is 0. The molecule has 33 heavy (non-hydrogen) atoms. The fourth-order valence-electron chi connectivity index (χ4n) is 3.13. The molecule has 0 bridgehead atoms. The van der Waals surface area contributed by atoms with Crippen molar-refractivity contribution in [1.29, 1.82) is 0 Å². The van der Waals surface area contributed by atoms with E-state index in [0.29, 0.717) is 17.7 Å². The average molecular weight is 467 g/mol. The third-order valence-electron chi connectivity index (χ3n) is 5.02. The lowest BCUT2D eigenvalue weighted by atomic mass is 10.0. The van der Waals surface area contributed by atoms with Crippen LogP contribution in [0, 0.1) is 12.8 Å². The van der Waals surface area contributed by atoms with Crippen LogP contribution < -0.4 is 15.4 Å². The Morgan fingerprint density at radius 3 is 2.39 bits per heavy atom. The maximum absolute atomic E-state index is 13.0. The third-order valence-corrected chi connectivity index (χ3v) is 5.02. The van der Waals surface area contributed by atoms with Crippen LogP contribution in [0.4, 0.5) is 4.39 Å². The van der Waals surface area contributed by atoms with Gasteiger partial charge >= 0.3 is 5.97 Å². The first-order chi connectivity index (χ1) is 15.6. The molecular weight excluding hydrogens is 431 g/mol. The van der Waals surface area contributed by atoms with Crippen molar-refractivity contribution < 1.29 is 33.0 Å². The predicted molar refractivity (Wildman–Crippen MR) is 122 cm³/mol. The number of rotatable bonds is 14. The Bertz CT molecular complexity index is 827. The van der Waals surface area contributed by atoms with Crippen molar-refractivity contribution in [3.8, 4) is 5.75 Å². The number of nitrogens with one attached hydrogen (secondary N) is 2. The number of alkyl halides is 1. The first kappa shape index (κ1) is 28.1. The normalized spacial score (nSPS) is 12.6. The van der Waals surface area contributed by atoms with E-state index in [2.05, 4.69) is 10.6 Å². The molecule has 0 saturated carbocycles. The molecule has 0 aliphatic carbocycles. The SMILES string of the molecule is CCCCOC(=O)CC(NC(=O)C(NC(=O)Cc1cc(C)ccc1OC)C(C)C)C(=O)CF. The highest BCUT2D eigenvalue weighted by atomic mass is 19.1. The lowest BCUT2D eigenvalue weighted by Gasteiger charge is -2.24. The summed E-state index contributed by atoms with van der Waals surface area (Å²) in [4.78, 5) is 49.5. The molecule has 2 N–H and O–H groups in total. The van der Waals surface area contributed by atoms with Gasteiger partial charge in [0.15, 0.2) is 5.78 Å². The highest BCUT2D eigenvalue weighted by molar-refractivity contribution is 5.95. The van der Waals surface area contributed by atoms with Crippen molar-refractivity contribution >= 4 is 23.6 Å². The highest BCUT2D eigenvalue weighted by Crippen LogP contribution is 2.20. The first-order valence-corrected chi connectivity index (χ1v) is 11.1. The monoisotopic (exact) mass is 466 g/mol. The predicted octanol–water partition coefficient (Wildman–Crippen LogP) is 2.44. The molecule has 0 aliphatic heterocycles. The number of Topliss-reactive ketones (excluding diaryl/α,β-unsaturated/α-hetero) is 1. The van der Waals surface area contributed by atoms with E-state index in [1.165, 1.54) is 7.11 Å². The summed E-state index contributed by atoms with van der Waals surface area (Å²) in [6.45, 7) is 6.12. The number of methoxy groups -OCH3 is 1. The van der Waals surface area contributed by atoms with Crippen molar-refractivity contribution in [1.82, 2.24) is 10.6 Å². The molecule has 8 nitrogen and oxygen atoms in total. The molecule has 1 rings (SSSR count). The van der Waals surface area contributed by atoms with Crippen LogP contribution in [-0.4, -0.2) is 56.0 Å². The van der Waals surface area contributed by atoms with Crippen LogP contribution in [0.5, 0.6) is 5.75 Å². The molecule has 1 aromatic rings. The number of carbonyl (C=O) groups excluding carboxylic acids is 4. The number of amides is 2. The van der Waals surface area contributed by atoms with Gasteiger partial charge in [0.25, 0.3) is 0 Å². The van der Waals surface area contributed by atoms with E-state index in [0.717, 1.165) is 12.0 Å². The Kier molecular flexibility index (Phi) is 12.1. The van der Waals surface area contributed by atoms with Gasteiger partial charge in [0, 0.05) is 5.56 Å². The standard InChI is InChI=1S/C24H35FN2O6/c1-6-7-10-33-22(30)13-18(19(28)14-25)26-24(31)23(15(2)3)27-21(29)12-17-11-16(4)8-9-20(17)32-5/h8-9,11,15,18,23H,6-7,10,12-14H2,1-5H3,(H,26,31)(H,27,29). The van der Waals surface area contributed by atoms with Gasteiger partial charge in [-0.05, 0) is 25.3 Å². The molecule has 2 unspecified atom stereocenters.